The highest BCUT2D eigenvalue weighted by atomic mass is 16.4. The molecular formula is C13H22N2O4. The molecule has 108 valence electrons. The minimum atomic E-state index is -0.878. The summed E-state index contributed by atoms with van der Waals surface area (Å²) in [7, 11) is 3.32. The summed E-state index contributed by atoms with van der Waals surface area (Å²) in [6, 6.07) is -0.372. The number of hydrogen-bond donors (Lipinski definition) is 1. The predicted molar refractivity (Wildman–Crippen MR) is 69.4 cm³/mol. The number of aliphatic carboxylic acids is 1. The van der Waals surface area contributed by atoms with E-state index in [0.29, 0.717) is 0 Å². The third kappa shape index (κ3) is 3.45. The van der Waals surface area contributed by atoms with Gasteiger partial charge in [-0.15, -0.1) is 0 Å². The van der Waals surface area contributed by atoms with E-state index >= 15 is 0 Å². The fourth-order valence-electron chi connectivity index (χ4n) is 2.63. The van der Waals surface area contributed by atoms with Crippen molar-refractivity contribution in [2.75, 3.05) is 20.6 Å². The van der Waals surface area contributed by atoms with Crippen LogP contribution in [0.15, 0.2) is 0 Å². The van der Waals surface area contributed by atoms with Crippen molar-refractivity contribution >= 4 is 17.8 Å². The van der Waals surface area contributed by atoms with Gasteiger partial charge in [0.05, 0.1) is 5.92 Å². The lowest BCUT2D eigenvalue weighted by Gasteiger charge is -2.40. The quantitative estimate of drug-likeness (QED) is 0.803. The number of carbonyl (C=O) groups is 3. The van der Waals surface area contributed by atoms with Gasteiger partial charge in [0.2, 0.25) is 11.8 Å². The molecule has 0 aromatic rings. The van der Waals surface area contributed by atoms with Crippen LogP contribution in [-0.2, 0) is 14.4 Å². The standard InChI is InChI=1S/C13H22N2O4/c1-8-7-11(17)15(6-5-10(16)14(3)4)9(2)12(8)13(18)19/h8-9,12H,5-7H2,1-4H3,(H,18,19). The Balaban J connectivity index is 2.73. The molecule has 0 aromatic heterocycles. The average Bonchev–Trinajstić information content (AvgIpc) is 2.26. The number of carbonyl (C=O) groups excluding carboxylic acids is 2. The molecule has 3 atom stereocenters. The molecule has 0 bridgehead atoms. The summed E-state index contributed by atoms with van der Waals surface area (Å²) in [6.07, 6.45) is 0.460. The lowest BCUT2D eigenvalue weighted by molar-refractivity contribution is -0.154. The van der Waals surface area contributed by atoms with Crippen LogP contribution in [0.5, 0.6) is 0 Å². The monoisotopic (exact) mass is 270 g/mol. The molecule has 0 saturated carbocycles. The van der Waals surface area contributed by atoms with E-state index < -0.39 is 11.9 Å². The predicted octanol–water partition coefficient (Wildman–Crippen LogP) is 0.422. The average molecular weight is 270 g/mol. The molecule has 0 radical (unpaired) electrons. The summed E-state index contributed by atoms with van der Waals surface area (Å²) in [4.78, 5) is 37.8. The van der Waals surface area contributed by atoms with E-state index in [4.69, 9.17) is 0 Å². The molecular weight excluding hydrogens is 248 g/mol. The molecule has 6 nitrogen and oxygen atoms in total. The Morgan fingerprint density at radius 3 is 2.42 bits per heavy atom. The molecule has 0 spiro atoms. The molecule has 1 rings (SSSR count). The number of nitrogens with zero attached hydrogens (tertiary/aromatic N) is 2. The number of carboxylic acids is 1. The van der Waals surface area contributed by atoms with E-state index in [1.165, 1.54) is 9.80 Å². The molecule has 1 saturated heterocycles. The lowest BCUT2D eigenvalue weighted by Crippen LogP contribution is -2.53. The first-order valence-electron chi connectivity index (χ1n) is 6.48. The highest BCUT2D eigenvalue weighted by Crippen LogP contribution is 2.30. The Morgan fingerprint density at radius 2 is 1.95 bits per heavy atom. The zero-order valence-corrected chi connectivity index (χ0v) is 11.9. The summed E-state index contributed by atoms with van der Waals surface area (Å²) in [5.41, 5.74) is 0. The van der Waals surface area contributed by atoms with Gasteiger partial charge in [0, 0.05) is 39.5 Å². The van der Waals surface area contributed by atoms with Crippen molar-refractivity contribution in [2.45, 2.75) is 32.7 Å². The van der Waals surface area contributed by atoms with Crippen LogP contribution in [0.2, 0.25) is 0 Å². The van der Waals surface area contributed by atoms with Gasteiger partial charge in [-0.3, -0.25) is 14.4 Å². The highest BCUT2D eigenvalue weighted by Gasteiger charge is 2.41. The number of hydrogen-bond acceptors (Lipinski definition) is 3. The van der Waals surface area contributed by atoms with E-state index in [2.05, 4.69) is 0 Å². The number of piperidine rings is 1. The van der Waals surface area contributed by atoms with Gasteiger partial charge in [0.15, 0.2) is 0 Å². The zero-order chi connectivity index (χ0) is 14.7. The maximum absolute atomic E-state index is 12.0. The van der Waals surface area contributed by atoms with Crippen LogP contribution in [0.25, 0.3) is 0 Å². The van der Waals surface area contributed by atoms with Crippen LogP contribution < -0.4 is 0 Å². The molecule has 1 heterocycles. The summed E-state index contributed by atoms with van der Waals surface area (Å²) >= 11 is 0. The Hall–Kier alpha value is -1.59. The Bertz CT molecular complexity index is 381. The third-order valence-electron chi connectivity index (χ3n) is 3.79. The van der Waals surface area contributed by atoms with E-state index in [1.807, 2.05) is 0 Å². The topological polar surface area (TPSA) is 77.9 Å². The van der Waals surface area contributed by atoms with Crippen molar-refractivity contribution < 1.29 is 19.5 Å². The van der Waals surface area contributed by atoms with Crippen LogP contribution in [0.4, 0.5) is 0 Å². The molecule has 0 aliphatic carbocycles. The number of rotatable bonds is 4. The van der Waals surface area contributed by atoms with Gasteiger partial charge >= 0.3 is 5.97 Å². The second-order valence-electron chi connectivity index (χ2n) is 5.41. The smallest absolute Gasteiger partial charge is 0.308 e. The maximum atomic E-state index is 12.0. The fourth-order valence-corrected chi connectivity index (χ4v) is 2.63. The van der Waals surface area contributed by atoms with Gasteiger partial charge < -0.3 is 14.9 Å². The van der Waals surface area contributed by atoms with E-state index in [0.717, 1.165) is 0 Å². The van der Waals surface area contributed by atoms with E-state index in [-0.39, 0.29) is 43.2 Å². The SMILES string of the molecule is CC1CC(=O)N(CCC(=O)N(C)C)C(C)C1C(=O)O. The van der Waals surface area contributed by atoms with Gasteiger partial charge in [-0.05, 0) is 12.8 Å². The lowest BCUT2D eigenvalue weighted by atomic mass is 9.81. The van der Waals surface area contributed by atoms with Crippen LogP contribution >= 0.6 is 0 Å². The van der Waals surface area contributed by atoms with Gasteiger partial charge in [-0.2, -0.15) is 0 Å². The van der Waals surface area contributed by atoms with Crippen molar-refractivity contribution in [3.63, 3.8) is 0 Å². The van der Waals surface area contributed by atoms with Crippen molar-refractivity contribution in [1.29, 1.82) is 0 Å². The second-order valence-corrected chi connectivity index (χ2v) is 5.41. The number of likely N-dealkylation sites (tertiary alicyclic amines) is 1. The minimum absolute atomic E-state index is 0.0644. The summed E-state index contributed by atoms with van der Waals surface area (Å²) < 4.78 is 0. The molecule has 3 unspecified atom stereocenters. The minimum Gasteiger partial charge on any atom is -0.481 e. The Labute approximate surface area is 113 Å². The summed E-state index contributed by atoms with van der Waals surface area (Å²) in [6.45, 7) is 3.81. The highest BCUT2D eigenvalue weighted by molar-refractivity contribution is 5.82. The van der Waals surface area contributed by atoms with Crippen molar-refractivity contribution in [1.82, 2.24) is 9.80 Å². The van der Waals surface area contributed by atoms with Crippen LogP contribution in [-0.4, -0.2) is 59.4 Å². The first-order chi connectivity index (χ1) is 8.75. The van der Waals surface area contributed by atoms with Crippen molar-refractivity contribution in [3.05, 3.63) is 0 Å². The van der Waals surface area contributed by atoms with Crippen molar-refractivity contribution in [3.8, 4) is 0 Å². The first kappa shape index (κ1) is 15.5. The summed E-state index contributed by atoms with van der Waals surface area (Å²) in [5, 5.41) is 9.24. The van der Waals surface area contributed by atoms with Gasteiger partial charge in [0.1, 0.15) is 0 Å². The molecule has 1 fully saturated rings. The van der Waals surface area contributed by atoms with Crippen molar-refractivity contribution in [2.24, 2.45) is 11.8 Å². The number of amides is 2. The Kier molecular flexibility index (Phi) is 4.91. The molecule has 2 amide bonds. The normalized spacial score (nSPS) is 27.3. The fraction of sp³-hybridized carbons (Fsp3) is 0.769. The largest absolute Gasteiger partial charge is 0.481 e. The number of carboxylic acid groups (broad SMARTS) is 1. The maximum Gasteiger partial charge on any atom is 0.308 e. The van der Waals surface area contributed by atoms with Gasteiger partial charge in [0.25, 0.3) is 0 Å². The van der Waals surface area contributed by atoms with E-state index in [9.17, 15) is 19.5 Å². The third-order valence-corrected chi connectivity index (χ3v) is 3.79. The first-order valence-corrected chi connectivity index (χ1v) is 6.48. The molecule has 19 heavy (non-hydrogen) atoms. The van der Waals surface area contributed by atoms with E-state index in [1.54, 1.807) is 27.9 Å². The molecule has 1 aliphatic heterocycles. The molecule has 0 aromatic carbocycles. The molecule has 1 aliphatic rings. The Morgan fingerprint density at radius 1 is 1.37 bits per heavy atom. The molecule has 6 heteroatoms. The summed E-state index contributed by atoms with van der Waals surface area (Å²) in [5.74, 6) is -1.74. The van der Waals surface area contributed by atoms with Crippen LogP contribution in [0.1, 0.15) is 26.7 Å². The van der Waals surface area contributed by atoms with Gasteiger partial charge in [-0.1, -0.05) is 6.92 Å². The van der Waals surface area contributed by atoms with Crippen LogP contribution in [0, 0.1) is 11.8 Å². The molecule has 1 N–H and O–H groups in total. The zero-order valence-electron chi connectivity index (χ0n) is 11.9. The second kappa shape index (κ2) is 6.04. The van der Waals surface area contributed by atoms with Gasteiger partial charge in [-0.25, -0.2) is 0 Å². The van der Waals surface area contributed by atoms with Crippen LogP contribution in [0.3, 0.4) is 0 Å².